The van der Waals surface area contributed by atoms with Gasteiger partial charge in [-0.05, 0) is 12.8 Å². The van der Waals surface area contributed by atoms with Crippen molar-refractivity contribution >= 4 is 11.9 Å². The highest BCUT2D eigenvalue weighted by atomic mass is 16.5. The normalized spacial score (nSPS) is 11.2. The van der Waals surface area contributed by atoms with E-state index in [0.29, 0.717) is 0 Å². The van der Waals surface area contributed by atoms with Crippen molar-refractivity contribution in [1.82, 2.24) is 0 Å². The number of hydrogen-bond acceptors (Lipinski definition) is 5. The predicted octanol–water partition coefficient (Wildman–Crippen LogP) is 0.833. The minimum atomic E-state index is -1.42. The molecule has 0 aliphatic rings. The topological polar surface area (TPSA) is 72.8 Å². The molecule has 0 bridgehead atoms. The molecule has 0 saturated heterocycles. The van der Waals surface area contributed by atoms with Crippen LogP contribution in [0, 0.1) is 5.41 Å². The lowest BCUT2D eigenvalue weighted by atomic mass is 9.81. The van der Waals surface area contributed by atoms with Gasteiger partial charge in [0.15, 0.2) is 5.41 Å². The fraction of sp³-hybridized carbons (Fsp3) is 0.500. The Bertz CT molecular complexity index is 290. The lowest BCUT2D eigenvalue weighted by molar-refractivity contribution is -0.168. The molecule has 0 radical (unpaired) electrons. The highest BCUT2D eigenvalue weighted by Crippen LogP contribution is 2.31. The first-order valence-electron chi connectivity index (χ1n) is 5.12. The van der Waals surface area contributed by atoms with Gasteiger partial charge in [-0.1, -0.05) is 18.2 Å². The molecular weight excluding hydrogens is 224 g/mol. The molecule has 0 spiro atoms. The quantitative estimate of drug-likeness (QED) is 0.407. The standard InChI is InChI=1S/C12H18O5/c1-4-7-12(10(14)16-2,11(15)17-3)8-5-6-9-13/h4-6,13H,1,7-9H2,2-3H3/b6-5+. The van der Waals surface area contributed by atoms with Gasteiger partial charge in [0.1, 0.15) is 0 Å². The van der Waals surface area contributed by atoms with Crippen LogP contribution in [0.15, 0.2) is 24.8 Å². The van der Waals surface area contributed by atoms with E-state index in [1.54, 1.807) is 0 Å². The van der Waals surface area contributed by atoms with Crippen molar-refractivity contribution in [3.8, 4) is 0 Å². The lowest BCUT2D eigenvalue weighted by Gasteiger charge is -2.25. The minimum absolute atomic E-state index is 0.0962. The van der Waals surface area contributed by atoms with Gasteiger partial charge in [0.25, 0.3) is 0 Å². The van der Waals surface area contributed by atoms with Gasteiger partial charge in [-0.25, -0.2) is 0 Å². The van der Waals surface area contributed by atoms with Gasteiger partial charge in [-0.2, -0.15) is 0 Å². The summed E-state index contributed by atoms with van der Waals surface area (Å²) < 4.78 is 9.28. The fourth-order valence-corrected chi connectivity index (χ4v) is 1.50. The smallest absolute Gasteiger partial charge is 0.323 e. The van der Waals surface area contributed by atoms with Crippen LogP contribution in [0.25, 0.3) is 0 Å². The Morgan fingerprint density at radius 2 is 1.71 bits per heavy atom. The molecule has 96 valence electrons. The Balaban J connectivity index is 5.22. The van der Waals surface area contributed by atoms with E-state index < -0.39 is 17.4 Å². The average molecular weight is 242 g/mol. The molecule has 0 atom stereocenters. The third-order valence-electron chi connectivity index (χ3n) is 2.38. The zero-order valence-electron chi connectivity index (χ0n) is 10.1. The summed E-state index contributed by atoms with van der Waals surface area (Å²) in [4.78, 5) is 23.5. The average Bonchev–Trinajstić information content (AvgIpc) is 2.35. The van der Waals surface area contributed by atoms with Crippen LogP contribution in [-0.4, -0.2) is 37.9 Å². The van der Waals surface area contributed by atoms with Crippen LogP contribution in [0.4, 0.5) is 0 Å². The van der Waals surface area contributed by atoms with Crippen LogP contribution in [0.1, 0.15) is 12.8 Å². The Morgan fingerprint density at radius 3 is 2.06 bits per heavy atom. The lowest BCUT2D eigenvalue weighted by Crippen LogP contribution is -2.40. The predicted molar refractivity (Wildman–Crippen MR) is 62.1 cm³/mol. The van der Waals surface area contributed by atoms with Crippen molar-refractivity contribution < 1.29 is 24.2 Å². The van der Waals surface area contributed by atoms with E-state index in [1.165, 1.54) is 32.4 Å². The van der Waals surface area contributed by atoms with Crippen LogP contribution in [-0.2, 0) is 19.1 Å². The van der Waals surface area contributed by atoms with Gasteiger partial charge in [0.2, 0.25) is 0 Å². The summed E-state index contributed by atoms with van der Waals surface area (Å²) in [5.41, 5.74) is -1.42. The highest BCUT2D eigenvalue weighted by molar-refractivity contribution is 6.00. The van der Waals surface area contributed by atoms with E-state index in [1.807, 2.05) is 0 Å². The van der Waals surface area contributed by atoms with Gasteiger partial charge in [-0.3, -0.25) is 9.59 Å². The van der Waals surface area contributed by atoms with E-state index in [-0.39, 0.29) is 19.4 Å². The molecule has 0 aromatic rings. The van der Waals surface area contributed by atoms with Crippen molar-refractivity contribution in [3.63, 3.8) is 0 Å². The van der Waals surface area contributed by atoms with Gasteiger partial charge in [0, 0.05) is 0 Å². The maximum absolute atomic E-state index is 11.8. The maximum Gasteiger partial charge on any atom is 0.323 e. The van der Waals surface area contributed by atoms with Crippen LogP contribution in [0.2, 0.25) is 0 Å². The Kier molecular flexibility index (Phi) is 6.89. The van der Waals surface area contributed by atoms with Crippen LogP contribution in [0.5, 0.6) is 0 Å². The third kappa shape index (κ3) is 3.71. The first kappa shape index (κ1) is 15.4. The molecule has 0 amide bonds. The van der Waals surface area contributed by atoms with Crippen LogP contribution >= 0.6 is 0 Å². The number of methoxy groups -OCH3 is 2. The molecule has 0 rings (SSSR count). The maximum atomic E-state index is 11.8. The fourth-order valence-electron chi connectivity index (χ4n) is 1.50. The number of carbonyl (C=O) groups excluding carboxylic acids is 2. The van der Waals surface area contributed by atoms with Crippen LogP contribution < -0.4 is 0 Å². The monoisotopic (exact) mass is 242 g/mol. The largest absolute Gasteiger partial charge is 0.468 e. The molecule has 1 N–H and O–H groups in total. The molecule has 0 saturated carbocycles. The van der Waals surface area contributed by atoms with Gasteiger partial charge in [-0.15, -0.1) is 6.58 Å². The first-order valence-corrected chi connectivity index (χ1v) is 5.12. The third-order valence-corrected chi connectivity index (χ3v) is 2.38. The zero-order valence-corrected chi connectivity index (χ0v) is 10.1. The van der Waals surface area contributed by atoms with Crippen molar-refractivity contribution in [1.29, 1.82) is 0 Å². The summed E-state index contributed by atoms with van der Waals surface area (Å²) >= 11 is 0. The number of rotatable bonds is 7. The molecule has 0 aromatic heterocycles. The first-order chi connectivity index (χ1) is 8.08. The van der Waals surface area contributed by atoms with Crippen molar-refractivity contribution in [2.45, 2.75) is 12.8 Å². The molecule has 0 heterocycles. The highest BCUT2D eigenvalue weighted by Gasteiger charge is 2.46. The second-order valence-electron chi connectivity index (χ2n) is 3.42. The molecule has 17 heavy (non-hydrogen) atoms. The summed E-state index contributed by atoms with van der Waals surface area (Å²) in [5.74, 6) is -1.35. The van der Waals surface area contributed by atoms with Crippen molar-refractivity contribution in [2.24, 2.45) is 5.41 Å². The number of aliphatic hydroxyl groups excluding tert-OH is 1. The number of carbonyl (C=O) groups is 2. The summed E-state index contributed by atoms with van der Waals surface area (Å²) in [6, 6.07) is 0. The number of ether oxygens (including phenoxy) is 2. The Hall–Kier alpha value is -1.62. The summed E-state index contributed by atoms with van der Waals surface area (Å²) in [6.45, 7) is 3.36. The molecule has 5 heteroatoms. The minimum Gasteiger partial charge on any atom is -0.468 e. The number of esters is 2. The van der Waals surface area contributed by atoms with E-state index in [4.69, 9.17) is 5.11 Å². The molecule has 0 fully saturated rings. The summed E-state index contributed by atoms with van der Waals surface area (Å²) in [7, 11) is 2.41. The molecule has 0 aromatic carbocycles. The Labute approximate surface area is 101 Å². The number of aliphatic hydroxyl groups is 1. The zero-order chi connectivity index (χ0) is 13.3. The number of hydrogen-bond donors (Lipinski definition) is 1. The second-order valence-corrected chi connectivity index (χ2v) is 3.42. The molecular formula is C12H18O5. The van der Waals surface area contributed by atoms with E-state index >= 15 is 0 Å². The second kappa shape index (κ2) is 7.62. The SMILES string of the molecule is C=CCC(C/C=C/CO)(C(=O)OC)C(=O)OC. The molecule has 0 aliphatic heterocycles. The van der Waals surface area contributed by atoms with Crippen LogP contribution in [0.3, 0.4) is 0 Å². The molecule has 0 unspecified atom stereocenters. The van der Waals surface area contributed by atoms with Gasteiger partial charge in [0.05, 0.1) is 20.8 Å². The summed E-state index contributed by atoms with van der Waals surface area (Å²) in [5, 5.41) is 8.65. The number of allylic oxidation sites excluding steroid dienone is 2. The van der Waals surface area contributed by atoms with Gasteiger partial charge >= 0.3 is 11.9 Å². The Morgan fingerprint density at radius 1 is 1.18 bits per heavy atom. The van der Waals surface area contributed by atoms with E-state index in [0.717, 1.165) is 0 Å². The van der Waals surface area contributed by atoms with Gasteiger partial charge < -0.3 is 14.6 Å². The summed E-state index contributed by atoms with van der Waals surface area (Å²) in [6.07, 6.45) is 4.66. The van der Waals surface area contributed by atoms with E-state index in [2.05, 4.69) is 16.1 Å². The van der Waals surface area contributed by atoms with E-state index in [9.17, 15) is 9.59 Å². The molecule has 5 nitrogen and oxygen atoms in total. The van der Waals surface area contributed by atoms with Crippen molar-refractivity contribution in [2.75, 3.05) is 20.8 Å². The molecule has 0 aliphatic carbocycles. The van der Waals surface area contributed by atoms with Crippen molar-refractivity contribution in [3.05, 3.63) is 24.8 Å².